The van der Waals surface area contributed by atoms with Crippen molar-refractivity contribution < 1.29 is 9.84 Å². The molecule has 0 saturated carbocycles. The molecule has 82 valence electrons. The van der Waals surface area contributed by atoms with Gasteiger partial charge in [-0.1, -0.05) is 0 Å². The highest BCUT2D eigenvalue weighted by atomic mass is 16.5. The molecule has 2 aliphatic rings. The molecule has 1 saturated heterocycles. The predicted molar refractivity (Wildman–Crippen MR) is 52.4 cm³/mol. The molecule has 1 N–H and O–H groups in total. The molecule has 0 aliphatic carbocycles. The Kier molecular flexibility index (Phi) is 2.21. The highest BCUT2D eigenvalue weighted by Gasteiger charge is 2.26. The van der Waals surface area contributed by atoms with Gasteiger partial charge in [-0.05, 0) is 19.3 Å². The zero-order valence-corrected chi connectivity index (χ0v) is 8.59. The van der Waals surface area contributed by atoms with E-state index in [2.05, 4.69) is 10.1 Å². The second kappa shape index (κ2) is 3.57. The summed E-state index contributed by atoms with van der Waals surface area (Å²) in [5.41, 5.74) is 0. The Hall–Kier alpha value is -0.940. The fraction of sp³-hybridized carbons (Fsp3) is 0.800. The smallest absolute Gasteiger partial charge is 0.156 e. The molecular formula is C10H15N3O2. The van der Waals surface area contributed by atoms with Gasteiger partial charge in [0.2, 0.25) is 0 Å². The summed E-state index contributed by atoms with van der Waals surface area (Å²) in [6.07, 6.45) is 3.24. The van der Waals surface area contributed by atoms with Crippen molar-refractivity contribution in [2.24, 2.45) is 0 Å². The zero-order chi connectivity index (χ0) is 10.3. The van der Waals surface area contributed by atoms with Crippen LogP contribution >= 0.6 is 0 Å². The van der Waals surface area contributed by atoms with Crippen LogP contribution in [-0.4, -0.2) is 33.1 Å². The Morgan fingerprint density at radius 2 is 2.33 bits per heavy atom. The highest BCUT2D eigenvalue weighted by Crippen LogP contribution is 2.26. The van der Waals surface area contributed by atoms with Gasteiger partial charge in [0.05, 0.1) is 6.61 Å². The average molecular weight is 209 g/mol. The SMILES string of the molecule is OC1CCCc2nc(C3CCOC3)nn21. The summed E-state index contributed by atoms with van der Waals surface area (Å²) in [4.78, 5) is 4.50. The summed E-state index contributed by atoms with van der Waals surface area (Å²) >= 11 is 0. The minimum Gasteiger partial charge on any atom is -0.381 e. The number of hydrogen-bond donors (Lipinski definition) is 1. The zero-order valence-electron chi connectivity index (χ0n) is 8.59. The van der Waals surface area contributed by atoms with Crippen LogP contribution in [0, 0.1) is 0 Å². The van der Waals surface area contributed by atoms with Crippen molar-refractivity contribution in [1.29, 1.82) is 0 Å². The fourth-order valence-corrected chi connectivity index (χ4v) is 2.26. The quantitative estimate of drug-likeness (QED) is 0.736. The Bertz CT molecular complexity index is 358. The number of aryl methyl sites for hydroxylation is 1. The molecule has 5 heteroatoms. The van der Waals surface area contributed by atoms with E-state index in [0.717, 1.165) is 50.5 Å². The molecule has 2 atom stereocenters. The van der Waals surface area contributed by atoms with Crippen molar-refractivity contribution in [1.82, 2.24) is 14.8 Å². The molecule has 0 bridgehead atoms. The summed E-state index contributed by atoms with van der Waals surface area (Å²) in [5, 5.41) is 14.1. The number of hydrogen-bond acceptors (Lipinski definition) is 4. The standard InChI is InChI=1S/C10H15N3O2/c14-9-3-1-2-8-11-10(12-13(8)9)7-4-5-15-6-7/h7,9,14H,1-6H2. The Labute approximate surface area is 88.1 Å². The molecule has 0 radical (unpaired) electrons. The molecule has 1 fully saturated rings. The van der Waals surface area contributed by atoms with Gasteiger partial charge in [0.25, 0.3) is 0 Å². The molecule has 0 spiro atoms. The predicted octanol–water partition coefficient (Wildman–Crippen LogP) is 0.609. The number of fused-ring (bicyclic) bond motifs is 1. The van der Waals surface area contributed by atoms with E-state index in [-0.39, 0.29) is 0 Å². The normalized spacial score (nSPS) is 30.5. The van der Waals surface area contributed by atoms with E-state index < -0.39 is 6.23 Å². The lowest BCUT2D eigenvalue weighted by Gasteiger charge is -2.17. The van der Waals surface area contributed by atoms with E-state index in [1.165, 1.54) is 0 Å². The first-order valence-electron chi connectivity index (χ1n) is 5.56. The van der Waals surface area contributed by atoms with E-state index in [1.54, 1.807) is 4.68 Å². The van der Waals surface area contributed by atoms with Gasteiger partial charge in [0.15, 0.2) is 5.82 Å². The van der Waals surface area contributed by atoms with E-state index in [9.17, 15) is 5.11 Å². The highest BCUT2D eigenvalue weighted by molar-refractivity contribution is 5.03. The van der Waals surface area contributed by atoms with Crippen molar-refractivity contribution in [3.63, 3.8) is 0 Å². The van der Waals surface area contributed by atoms with Gasteiger partial charge in [0.1, 0.15) is 12.1 Å². The van der Waals surface area contributed by atoms with Gasteiger partial charge in [-0.2, -0.15) is 5.10 Å². The second-order valence-electron chi connectivity index (χ2n) is 4.26. The first kappa shape index (κ1) is 9.30. The van der Waals surface area contributed by atoms with Crippen LogP contribution in [0.5, 0.6) is 0 Å². The molecule has 2 aliphatic heterocycles. The molecule has 0 aromatic carbocycles. The van der Waals surface area contributed by atoms with E-state index >= 15 is 0 Å². The summed E-state index contributed by atoms with van der Waals surface area (Å²) in [5.74, 6) is 2.11. The van der Waals surface area contributed by atoms with E-state index in [0.29, 0.717) is 5.92 Å². The maximum atomic E-state index is 9.75. The largest absolute Gasteiger partial charge is 0.381 e. The van der Waals surface area contributed by atoms with Gasteiger partial charge in [0, 0.05) is 18.9 Å². The van der Waals surface area contributed by atoms with Crippen LogP contribution in [0.3, 0.4) is 0 Å². The fourth-order valence-electron chi connectivity index (χ4n) is 2.26. The number of aliphatic hydroxyl groups excluding tert-OH is 1. The van der Waals surface area contributed by atoms with Crippen LogP contribution in [0.1, 0.15) is 43.1 Å². The Morgan fingerprint density at radius 1 is 1.40 bits per heavy atom. The van der Waals surface area contributed by atoms with Crippen LogP contribution in [0.4, 0.5) is 0 Å². The minimum atomic E-state index is -0.475. The number of ether oxygens (including phenoxy) is 1. The third-order valence-electron chi connectivity index (χ3n) is 3.16. The molecule has 15 heavy (non-hydrogen) atoms. The average Bonchev–Trinajstić information content (AvgIpc) is 2.86. The van der Waals surface area contributed by atoms with Gasteiger partial charge < -0.3 is 9.84 Å². The van der Waals surface area contributed by atoms with Crippen LogP contribution in [0.2, 0.25) is 0 Å². The monoisotopic (exact) mass is 209 g/mol. The third kappa shape index (κ3) is 1.55. The molecule has 5 nitrogen and oxygen atoms in total. The summed E-state index contributed by atoms with van der Waals surface area (Å²) in [6.45, 7) is 1.52. The van der Waals surface area contributed by atoms with Gasteiger partial charge in [-0.25, -0.2) is 9.67 Å². The lowest BCUT2D eigenvalue weighted by Crippen LogP contribution is -2.18. The first-order chi connectivity index (χ1) is 7.34. The summed E-state index contributed by atoms with van der Waals surface area (Å²) in [6, 6.07) is 0. The van der Waals surface area contributed by atoms with Gasteiger partial charge >= 0.3 is 0 Å². The second-order valence-corrected chi connectivity index (χ2v) is 4.26. The summed E-state index contributed by atoms with van der Waals surface area (Å²) < 4.78 is 7.00. The lowest BCUT2D eigenvalue weighted by atomic mass is 10.1. The topological polar surface area (TPSA) is 60.2 Å². The first-order valence-corrected chi connectivity index (χ1v) is 5.56. The third-order valence-corrected chi connectivity index (χ3v) is 3.16. The number of rotatable bonds is 1. The van der Waals surface area contributed by atoms with Crippen molar-refractivity contribution in [3.05, 3.63) is 11.6 Å². The molecule has 1 aromatic rings. The maximum absolute atomic E-state index is 9.75. The van der Waals surface area contributed by atoms with Crippen molar-refractivity contribution in [2.45, 2.75) is 37.8 Å². The number of aliphatic hydroxyl groups is 1. The number of nitrogens with zero attached hydrogens (tertiary/aromatic N) is 3. The van der Waals surface area contributed by atoms with Crippen LogP contribution in [0.15, 0.2) is 0 Å². The minimum absolute atomic E-state index is 0.329. The molecule has 2 unspecified atom stereocenters. The lowest BCUT2D eigenvalue weighted by molar-refractivity contribution is 0.0642. The van der Waals surface area contributed by atoms with E-state index in [1.807, 2.05) is 0 Å². The van der Waals surface area contributed by atoms with Crippen LogP contribution in [0.25, 0.3) is 0 Å². The molecule has 1 aromatic heterocycles. The van der Waals surface area contributed by atoms with Crippen molar-refractivity contribution >= 4 is 0 Å². The molecule has 3 rings (SSSR count). The van der Waals surface area contributed by atoms with Crippen molar-refractivity contribution in [3.8, 4) is 0 Å². The van der Waals surface area contributed by atoms with E-state index in [4.69, 9.17) is 4.74 Å². The Balaban J connectivity index is 1.90. The number of aromatic nitrogens is 3. The van der Waals surface area contributed by atoms with Crippen molar-refractivity contribution in [2.75, 3.05) is 13.2 Å². The Morgan fingerprint density at radius 3 is 3.07 bits per heavy atom. The van der Waals surface area contributed by atoms with Gasteiger partial charge in [-0.15, -0.1) is 0 Å². The van der Waals surface area contributed by atoms with Crippen LogP contribution < -0.4 is 0 Å². The van der Waals surface area contributed by atoms with Crippen LogP contribution in [-0.2, 0) is 11.2 Å². The molecular weight excluding hydrogens is 194 g/mol. The van der Waals surface area contributed by atoms with Gasteiger partial charge in [-0.3, -0.25) is 0 Å². The molecule has 3 heterocycles. The summed E-state index contributed by atoms with van der Waals surface area (Å²) in [7, 11) is 0. The molecule has 0 amide bonds. The maximum Gasteiger partial charge on any atom is 0.156 e.